The zero-order valence-corrected chi connectivity index (χ0v) is 10.0. The Hall–Kier alpha value is -1.89. The predicted octanol–water partition coefficient (Wildman–Crippen LogP) is 3.87. The van der Waals surface area contributed by atoms with E-state index in [0.29, 0.717) is 6.42 Å². The molecule has 0 aliphatic heterocycles. The van der Waals surface area contributed by atoms with Gasteiger partial charge in [-0.15, -0.1) is 6.58 Å². The predicted molar refractivity (Wildman–Crippen MR) is 72.2 cm³/mol. The van der Waals surface area contributed by atoms with Crippen LogP contribution in [-0.2, 0) is 10.2 Å². The van der Waals surface area contributed by atoms with E-state index in [1.165, 1.54) is 10.8 Å². The number of hydrogen-bond donors (Lipinski definition) is 0. The van der Waals surface area contributed by atoms with Crippen LogP contribution in [0.5, 0.6) is 0 Å². The molecule has 17 heavy (non-hydrogen) atoms. The standard InChI is InChI=1S/C16H16O/c1-3-10-16(2,12-17)15-9-8-13-6-4-5-7-14(13)11-15/h3-9,11-12H,1,10H2,2H3/t16-/m1/s1. The largest absolute Gasteiger partial charge is 0.302 e. The SMILES string of the molecule is C=CC[C@](C)(C=O)c1ccc2ccccc2c1. The fourth-order valence-electron chi connectivity index (χ4n) is 2.08. The Kier molecular flexibility index (Phi) is 3.10. The molecular formula is C16H16O. The molecule has 1 atom stereocenters. The number of hydrogen-bond acceptors (Lipinski definition) is 1. The smallest absolute Gasteiger partial charge is 0.130 e. The van der Waals surface area contributed by atoms with Crippen LogP contribution in [0.2, 0.25) is 0 Å². The second-order valence-corrected chi connectivity index (χ2v) is 4.59. The first-order chi connectivity index (χ1) is 8.19. The molecule has 1 heteroatoms. The molecule has 0 N–H and O–H groups in total. The Labute approximate surface area is 102 Å². The number of fused-ring (bicyclic) bond motifs is 1. The van der Waals surface area contributed by atoms with Crippen LogP contribution in [0, 0.1) is 0 Å². The third-order valence-electron chi connectivity index (χ3n) is 3.24. The molecule has 0 fully saturated rings. The Balaban J connectivity index is 2.55. The van der Waals surface area contributed by atoms with Gasteiger partial charge in [-0.05, 0) is 29.7 Å². The zero-order chi connectivity index (χ0) is 12.3. The highest BCUT2D eigenvalue weighted by Crippen LogP contribution is 2.28. The van der Waals surface area contributed by atoms with Gasteiger partial charge in [0.15, 0.2) is 0 Å². The van der Waals surface area contributed by atoms with Gasteiger partial charge in [-0.2, -0.15) is 0 Å². The first-order valence-corrected chi connectivity index (χ1v) is 5.76. The number of carbonyl (C=O) groups excluding carboxylic acids is 1. The number of aldehydes is 1. The molecule has 0 unspecified atom stereocenters. The lowest BCUT2D eigenvalue weighted by Gasteiger charge is -2.22. The Morgan fingerprint density at radius 3 is 2.53 bits per heavy atom. The summed E-state index contributed by atoms with van der Waals surface area (Å²) in [7, 11) is 0. The lowest BCUT2D eigenvalue weighted by molar-refractivity contribution is -0.112. The topological polar surface area (TPSA) is 17.1 Å². The molecule has 0 spiro atoms. The third-order valence-corrected chi connectivity index (χ3v) is 3.24. The molecule has 86 valence electrons. The van der Waals surface area contributed by atoms with Crippen LogP contribution in [0.25, 0.3) is 10.8 Å². The van der Waals surface area contributed by atoms with Crippen LogP contribution in [0.4, 0.5) is 0 Å². The zero-order valence-electron chi connectivity index (χ0n) is 10.0. The summed E-state index contributed by atoms with van der Waals surface area (Å²) in [5.41, 5.74) is 0.581. The summed E-state index contributed by atoms with van der Waals surface area (Å²) in [6.45, 7) is 5.67. The van der Waals surface area contributed by atoms with Gasteiger partial charge in [0.2, 0.25) is 0 Å². The van der Waals surface area contributed by atoms with Gasteiger partial charge in [-0.1, -0.05) is 48.5 Å². The monoisotopic (exact) mass is 224 g/mol. The van der Waals surface area contributed by atoms with Crippen LogP contribution in [-0.4, -0.2) is 6.29 Å². The highest BCUT2D eigenvalue weighted by atomic mass is 16.1. The van der Waals surface area contributed by atoms with Crippen molar-refractivity contribution in [3.63, 3.8) is 0 Å². The van der Waals surface area contributed by atoms with Crippen LogP contribution in [0.15, 0.2) is 55.1 Å². The molecule has 0 bridgehead atoms. The molecule has 0 radical (unpaired) electrons. The first-order valence-electron chi connectivity index (χ1n) is 5.76. The Morgan fingerprint density at radius 2 is 1.88 bits per heavy atom. The highest BCUT2D eigenvalue weighted by molar-refractivity contribution is 5.84. The minimum absolute atomic E-state index is 0.466. The van der Waals surface area contributed by atoms with Crippen molar-refractivity contribution in [2.75, 3.05) is 0 Å². The van der Waals surface area contributed by atoms with Crippen molar-refractivity contribution in [2.45, 2.75) is 18.8 Å². The summed E-state index contributed by atoms with van der Waals surface area (Å²) < 4.78 is 0. The second-order valence-electron chi connectivity index (χ2n) is 4.59. The van der Waals surface area contributed by atoms with Crippen molar-refractivity contribution < 1.29 is 4.79 Å². The quantitative estimate of drug-likeness (QED) is 0.569. The van der Waals surface area contributed by atoms with E-state index in [1.54, 1.807) is 6.08 Å². The van der Waals surface area contributed by atoms with Gasteiger partial charge in [0.1, 0.15) is 6.29 Å². The van der Waals surface area contributed by atoms with Crippen molar-refractivity contribution >= 4 is 17.1 Å². The minimum atomic E-state index is -0.466. The van der Waals surface area contributed by atoms with Gasteiger partial charge >= 0.3 is 0 Å². The van der Waals surface area contributed by atoms with E-state index in [9.17, 15) is 4.79 Å². The van der Waals surface area contributed by atoms with Gasteiger partial charge in [-0.3, -0.25) is 0 Å². The average molecular weight is 224 g/mol. The first kappa shape index (κ1) is 11.6. The van der Waals surface area contributed by atoms with Crippen molar-refractivity contribution in [1.82, 2.24) is 0 Å². The maximum absolute atomic E-state index is 11.3. The number of allylic oxidation sites excluding steroid dienone is 1. The van der Waals surface area contributed by atoms with Crippen LogP contribution in [0.3, 0.4) is 0 Å². The van der Waals surface area contributed by atoms with E-state index in [1.807, 2.05) is 25.1 Å². The van der Waals surface area contributed by atoms with E-state index in [-0.39, 0.29) is 0 Å². The normalized spacial score (nSPS) is 14.2. The molecule has 2 aromatic rings. The molecule has 0 saturated heterocycles. The molecule has 2 aromatic carbocycles. The molecule has 0 saturated carbocycles. The lowest BCUT2D eigenvalue weighted by atomic mass is 9.80. The van der Waals surface area contributed by atoms with Gasteiger partial charge in [0.05, 0.1) is 5.41 Å². The van der Waals surface area contributed by atoms with Crippen molar-refractivity contribution in [1.29, 1.82) is 0 Å². The fraction of sp³-hybridized carbons (Fsp3) is 0.188. The number of carbonyl (C=O) groups is 1. The molecule has 0 heterocycles. The molecule has 0 aliphatic rings. The van der Waals surface area contributed by atoms with Gasteiger partial charge in [-0.25, -0.2) is 0 Å². The summed E-state index contributed by atoms with van der Waals surface area (Å²) in [6, 6.07) is 14.4. The second kappa shape index (κ2) is 4.54. The van der Waals surface area contributed by atoms with Gasteiger partial charge in [0.25, 0.3) is 0 Å². The summed E-state index contributed by atoms with van der Waals surface area (Å²) >= 11 is 0. The van der Waals surface area contributed by atoms with E-state index in [2.05, 4.69) is 30.8 Å². The molecule has 1 nitrogen and oxygen atoms in total. The summed E-state index contributed by atoms with van der Waals surface area (Å²) in [6.07, 6.45) is 3.47. The van der Waals surface area contributed by atoms with Gasteiger partial charge in [0, 0.05) is 0 Å². The fourth-order valence-corrected chi connectivity index (χ4v) is 2.08. The van der Waals surface area contributed by atoms with E-state index in [0.717, 1.165) is 11.8 Å². The summed E-state index contributed by atoms with van der Waals surface area (Å²) in [5.74, 6) is 0. The van der Waals surface area contributed by atoms with E-state index in [4.69, 9.17) is 0 Å². The van der Waals surface area contributed by atoms with Crippen molar-refractivity contribution in [2.24, 2.45) is 0 Å². The molecule has 0 amide bonds. The number of rotatable bonds is 4. The van der Waals surface area contributed by atoms with E-state index < -0.39 is 5.41 Å². The van der Waals surface area contributed by atoms with Crippen LogP contribution >= 0.6 is 0 Å². The van der Waals surface area contributed by atoms with Crippen molar-refractivity contribution in [3.05, 3.63) is 60.7 Å². The Morgan fingerprint density at radius 1 is 1.18 bits per heavy atom. The number of benzene rings is 2. The van der Waals surface area contributed by atoms with Crippen molar-refractivity contribution in [3.8, 4) is 0 Å². The van der Waals surface area contributed by atoms with Crippen LogP contribution in [0.1, 0.15) is 18.9 Å². The van der Waals surface area contributed by atoms with Crippen LogP contribution < -0.4 is 0 Å². The highest BCUT2D eigenvalue weighted by Gasteiger charge is 2.24. The maximum Gasteiger partial charge on any atom is 0.130 e. The molecule has 0 aromatic heterocycles. The minimum Gasteiger partial charge on any atom is -0.302 e. The lowest BCUT2D eigenvalue weighted by Crippen LogP contribution is -2.22. The summed E-state index contributed by atoms with van der Waals surface area (Å²) in [5, 5.41) is 2.37. The summed E-state index contributed by atoms with van der Waals surface area (Å²) in [4.78, 5) is 11.3. The molecule has 2 rings (SSSR count). The molecule has 0 aliphatic carbocycles. The maximum atomic E-state index is 11.3. The Bertz CT molecular complexity index is 556. The third kappa shape index (κ3) is 2.14. The average Bonchev–Trinajstić information content (AvgIpc) is 2.38. The van der Waals surface area contributed by atoms with Gasteiger partial charge < -0.3 is 4.79 Å². The van der Waals surface area contributed by atoms with E-state index >= 15 is 0 Å². The molecular weight excluding hydrogens is 208 g/mol.